The van der Waals surface area contributed by atoms with E-state index >= 15 is 0 Å². The highest BCUT2D eigenvalue weighted by atomic mass is 35.5. The number of nitrogens with one attached hydrogen (secondary N) is 1. The van der Waals surface area contributed by atoms with Gasteiger partial charge in [-0.25, -0.2) is 0 Å². The van der Waals surface area contributed by atoms with Crippen LogP contribution in [0, 0.1) is 13.8 Å². The Bertz CT molecular complexity index is 776. The summed E-state index contributed by atoms with van der Waals surface area (Å²) in [4.78, 5) is 12.5. The monoisotopic (exact) mass is 363 g/mol. The summed E-state index contributed by atoms with van der Waals surface area (Å²) in [6.45, 7) is 5.60. The molecule has 0 heterocycles. The largest absolute Gasteiger partial charge is 0.495 e. The molecule has 0 saturated heterocycles. The van der Waals surface area contributed by atoms with Crippen LogP contribution in [0.1, 0.15) is 18.1 Å². The first-order valence-corrected chi connectivity index (χ1v) is 8.19. The molecule has 2 aromatic carbocycles. The first-order chi connectivity index (χ1) is 11.8. The van der Waals surface area contributed by atoms with Crippen molar-refractivity contribution in [2.75, 3.05) is 19.5 Å². The lowest BCUT2D eigenvalue weighted by atomic mass is 10.1. The van der Waals surface area contributed by atoms with Crippen molar-refractivity contribution < 1.29 is 19.0 Å². The maximum Gasteiger partial charge on any atom is 0.265 e. The zero-order chi connectivity index (χ0) is 18.6. The van der Waals surface area contributed by atoms with E-state index in [0.717, 1.165) is 11.1 Å². The standard InChI is InChI=1S/C19H22ClNO4/c1-11-6-7-12(2)16(8-11)25-13(3)19(22)21-15-10-17(23-4)14(20)9-18(15)24-5/h6-10,13H,1-5H3,(H,21,22)/t13-/m1/s1. The summed E-state index contributed by atoms with van der Waals surface area (Å²) < 4.78 is 16.2. The van der Waals surface area contributed by atoms with E-state index in [0.29, 0.717) is 28.0 Å². The zero-order valence-electron chi connectivity index (χ0n) is 15.0. The molecule has 0 aliphatic carbocycles. The van der Waals surface area contributed by atoms with Crippen molar-refractivity contribution in [3.8, 4) is 17.2 Å². The molecule has 0 fully saturated rings. The van der Waals surface area contributed by atoms with E-state index in [4.69, 9.17) is 25.8 Å². The molecule has 0 aromatic heterocycles. The van der Waals surface area contributed by atoms with Crippen LogP contribution in [0.4, 0.5) is 5.69 Å². The van der Waals surface area contributed by atoms with Crippen molar-refractivity contribution in [3.05, 3.63) is 46.5 Å². The normalized spacial score (nSPS) is 11.6. The van der Waals surface area contributed by atoms with E-state index in [1.807, 2.05) is 32.0 Å². The summed E-state index contributed by atoms with van der Waals surface area (Å²) in [6, 6.07) is 9.07. The van der Waals surface area contributed by atoms with E-state index in [9.17, 15) is 4.79 Å². The molecule has 134 valence electrons. The second kappa shape index (κ2) is 8.12. The van der Waals surface area contributed by atoms with E-state index in [-0.39, 0.29) is 5.91 Å². The molecule has 0 radical (unpaired) electrons. The summed E-state index contributed by atoms with van der Waals surface area (Å²) in [7, 11) is 3.01. The highest BCUT2D eigenvalue weighted by Crippen LogP contribution is 2.36. The number of hydrogen-bond acceptors (Lipinski definition) is 4. The molecule has 2 rings (SSSR count). The van der Waals surface area contributed by atoms with Crippen LogP contribution < -0.4 is 19.5 Å². The summed E-state index contributed by atoms with van der Waals surface area (Å²) in [5.41, 5.74) is 2.50. The summed E-state index contributed by atoms with van der Waals surface area (Å²) in [5, 5.41) is 3.19. The topological polar surface area (TPSA) is 56.8 Å². The lowest BCUT2D eigenvalue weighted by Gasteiger charge is -2.18. The molecule has 6 heteroatoms. The molecule has 0 saturated carbocycles. The molecule has 25 heavy (non-hydrogen) atoms. The van der Waals surface area contributed by atoms with Gasteiger partial charge in [0.05, 0.1) is 24.9 Å². The van der Waals surface area contributed by atoms with Gasteiger partial charge in [0.25, 0.3) is 5.91 Å². The van der Waals surface area contributed by atoms with Crippen LogP contribution in [-0.2, 0) is 4.79 Å². The van der Waals surface area contributed by atoms with Crippen LogP contribution in [0.3, 0.4) is 0 Å². The van der Waals surface area contributed by atoms with Crippen molar-refractivity contribution in [2.45, 2.75) is 26.9 Å². The number of carbonyl (C=O) groups is 1. The van der Waals surface area contributed by atoms with Crippen LogP contribution >= 0.6 is 11.6 Å². The van der Waals surface area contributed by atoms with Crippen LogP contribution in [0.25, 0.3) is 0 Å². The Morgan fingerprint density at radius 2 is 1.72 bits per heavy atom. The molecular weight excluding hydrogens is 342 g/mol. The number of halogens is 1. The van der Waals surface area contributed by atoms with Crippen LogP contribution in [0.2, 0.25) is 5.02 Å². The van der Waals surface area contributed by atoms with Crippen molar-refractivity contribution in [2.24, 2.45) is 0 Å². The number of methoxy groups -OCH3 is 2. The Balaban J connectivity index is 2.17. The van der Waals surface area contributed by atoms with Crippen molar-refractivity contribution >= 4 is 23.2 Å². The third-order valence-corrected chi connectivity index (χ3v) is 4.04. The summed E-state index contributed by atoms with van der Waals surface area (Å²) in [5.74, 6) is 1.27. The summed E-state index contributed by atoms with van der Waals surface area (Å²) in [6.07, 6.45) is -0.688. The van der Waals surface area contributed by atoms with Gasteiger partial charge in [0.15, 0.2) is 6.10 Å². The van der Waals surface area contributed by atoms with E-state index < -0.39 is 6.10 Å². The number of anilines is 1. The smallest absolute Gasteiger partial charge is 0.265 e. The molecule has 0 unspecified atom stereocenters. The highest BCUT2D eigenvalue weighted by Gasteiger charge is 2.19. The summed E-state index contributed by atoms with van der Waals surface area (Å²) >= 11 is 6.08. The van der Waals surface area contributed by atoms with Gasteiger partial charge in [-0.2, -0.15) is 0 Å². The second-order valence-corrected chi connectivity index (χ2v) is 6.11. The second-order valence-electron chi connectivity index (χ2n) is 5.71. The van der Waals surface area contributed by atoms with Gasteiger partial charge in [0, 0.05) is 12.1 Å². The maximum atomic E-state index is 12.5. The molecule has 2 aromatic rings. The van der Waals surface area contributed by atoms with Gasteiger partial charge in [0.1, 0.15) is 17.2 Å². The van der Waals surface area contributed by atoms with Gasteiger partial charge < -0.3 is 19.5 Å². The number of hydrogen-bond donors (Lipinski definition) is 1. The molecule has 5 nitrogen and oxygen atoms in total. The van der Waals surface area contributed by atoms with Gasteiger partial charge in [0.2, 0.25) is 0 Å². The highest BCUT2D eigenvalue weighted by molar-refractivity contribution is 6.32. The number of rotatable bonds is 6. The number of ether oxygens (including phenoxy) is 3. The number of benzene rings is 2. The minimum Gasteiger partial charge on any atom is -0.495 e. The van der Waals surface area contributed by atoms with Gasteiger partial charge in [-0.05, 0) is 38.0 Å². The number of aryl methyl sites for hydroxylation is 2. The molecule has 0 spiro atoms. The van der Waals surface area contributed by atoms with E-state index in [1.54, 1.807) is 19.1 Å². The van der Waals surface area contributed by atoms with Crippen molar-refractivity contribution in [1.82, 2.24) is 0 Å². The average molecular weight is 364 g/mol. The number of amides is 1. The Labute approximate surface area is 152 Å². The fraction of sp³-hybridized carbons (Fsp3) is 0.316. The average Bonchev–Trinajstić information content (AvgIpc) is 2.59. The van der Waals surface area contributed by atoms with Crippen LogP contribution in [0.5, 0.6) is 17.2 Å². The minimum absolute atomic E-state index is 0.302. The van der Waals surface area contributed by atoms with Crippen molar-refractivity contribution in [3.63, 3.8) is 0 Å². The zero-order valence-corrected chi connectivity index (χ0v) is 15.7. The van der Waals surface area contributed by atoms with E-state index in [2.05, 4.69) is 5.32 Å². The molecule has 1 atom stereocenters. The van der Waals surface area contributed by atoms with Gasteiger partial charge in [-0.3, -0.25) is 4.79 Å². The predicted octanol–water partition coefficient (Wildman–Crippen LogP) is 4.38. The third-order valence-electron chi connectivity index (χ3n) is 3.75. The number of carbonyl (C=O) groups excluding carboxylic acids is 1. The molecule has 0 bridgehead atoms. The van der Waals surface area contributed by atoms with Gasteiger partial charge in [-0.15, -0.1) is 0 Å². The lowest BCUT2D eigenvalue weighted by molar-refractivity contribution is -0.122. The first-order valence-electron chi connectivity index (χ1n) is 7.82. The van der Waals surface area contributed by atoms with Crippen molar-refractivity contribution in [1.29, 1.82) is 0 Å². The Morgan fingerprint density at radius 3 is 2.36 bits per heavy atom. The van der Waals surface area contributed by atoms with Crippen LogP contribution in [0.15, 0.2) is 30.3 Å². The quantitative estimate of drug-likeness (QED) is 0.827. The lowest BCUT2D eigenvalue weighted by Crippen LogP contribution is -2.30. The van der Waals surface area contributed by atoms with E-state index in [1.165, 1.54) is 14.2 Å². The fourth-order valence-corrected chi connectivity index (χ4v) is 2.50. The Kier molecular flexibility index (Phi) is 6.15. The fourth-order valence-electron chi connectivity index (χ4n) is 2.27. The molecule has 1 amide bonds. The molecular formula is C19H22ClNO4. The molecule has 0 aliphatic rings. The third kappa shape index (κ3) is 4.57. The van der Waals surface area contributed by atoms with Gasteiger partial charge in [-0.1, -0.05) is 23.7 Å². The van der Waals surface area contributed by atoms with Gasteiger partial charge >= 0.3 is 0 Å². The Hall–Kier alpha value is -2.40. The first kappa shape index (κ1) is 18.9. The SMILES string of the molecule is COc1cc(NC(=O)[C@@H](C)Oc2cc(C)ccc2C)c(OC)cc1Cl. The Morgan fingerprint density at radius 1 is 1.04 bits per heavy atom. The van der Waals surface area contributed by atoms with Crippen LogP contribution in [-0.4, -0.2) is 26.2 Å². The molecule has 0 aliphatic heterocycles. The molecule has 1 N–H and O–H groups in total. The maximum absolute atomic E-state index is 12.5. The minimum atomic E-state index is -0.688. The predicted molar refractivity (Wildman–Crippen MR) is 99.2 cm³/mol.